The summed E-state index contributed by atoms with van der Waals surface area (Å²) in [6.07, 6.45) is 1.93. The van der Waals surface area contributed by atoms with Crippen LogP contribution in [0.5, 0.6) is 5.75 Å². The van der Waals surface area contributed by atoms with E-state index in [0.29, 0.717) is 37.7 Å². The fraction of sp³-hybridized carbons (Fsp3) is 0.421. The van der Waals surface area contributed by atoms with E-state index >= 15 is 0 Å². The second-order valence-electron chi connectivity index (χ2n) is 6.93. The van der Waals surface area contributed by atoms with Crippen LogP contribution in [0.2, 0.25) is 0 Å². The number of nitrogens with zero attached hydrogens (tertiary/aromatic N) is 4. The van der Waals surface area contributed by atoms with Gasteiger partial charge in [-0.3, -0.25) is 9.89 Å². The summed E-state index contributed by atoms with van der Waals surface area (Å²) < 4.78 is 12.6. The minimum absolute atomic E-state index is 0.106. The van der Waals surface area contributed by atoms with E-state index in [0.717, 1.165) is 47.4 Å². The molecule has 1 aromatic carbocycles. The Morgan fingerprint density at radius 3 is 2.89 bits per heavy atom. The number of nitrogens with one attached hydrogen (secondary N) is 1. The van der Waals surface area contributed by atoms with Crippen molar-refractivity contribution in [2.24, 2.45) is 7.05 Å². The summed E-state index contributed by atoms with van der Waals surface area (Å²) in [6, 6.07) is 5.83. The third-order valence-electron chi connectivity index (χ3n) is 5.26. The van der Waals surface area contributed by atoms with Gasteiger partial charge in [0.2, 0.25) is 0 Å². The van der Waals surface area contributed by atoms with Crippen molar-refractivity contribution in [1.29, 1.82) is 0 Å². The molecular weight excluding hydrogens is 346 g/mol. The zero-order valence-electron chi connectivity index (χ0n) is 15.2. The largest absolute Gasteiger partial charge is 0.493 e. The molecule has 0 bridgehead atoms. The van der Waals surface area contributed by atoms with E-state index in [4.69, 9.17) is 9.47 Å². The van der Waals surface area contributed by atoms with Crippen LogP contribution in [0.15, 0.2) is 23.0 Å². The van der Waals surface area contributed by atoms with Crippen LogP contribution in [0, 0.1) is 0 Å². The zero-order valence-corrected chi connectivity index (χ0v) is 15.2. The maximum Gasteiger partial charge on any atom is 0.290 e. The van der Waals surface area contributed by atoms with Gasteiger partial charge in [0.05, 0.1) is 25.3 Å². The maximum atomic E-state index is 12.7. The summed E-state index contributed by atoms with van der Waals surface area (Å²) in [4.78, 5) is 14.7. The molecule has 0 atom stereocenters. The average Bonchev–Trinajstić information content (AvgIpc) is 3.15. The van der Waals surface area contributed by atoms with Crippen LogP contribution in [-0.4, -0.2) is 52.9 Å². The van der Waals surface area contributed by atoms with E-state index in [-0.39, 0.29) is 5.56 Å². The summed E-state index contributed by atoms with van der Waals surface area (Å²) in [6.45, 7) is 3.38. The van der Waals surface area contributed by atoms with Crippen molar-refractivity contribution in [2.75, 3.05) is 37.8 Å². The molecule has 8 nitrogen and oxygen atoms in total. The molecule has 8 heteroatoms. The second kappa shape index (κ2) is 6.38. The number of hydrogen-bond acceptors (Lipinski definition) is 6. The maximum absolute atomic E-state index is 12.7. The van der Waals surface area contributed by atoms with Gasteiger partial charge < -0.3 is 14.4 Å². The van der Waals surface area contributed by atoms with Crippen LogP contribution in [0.3, 0.4) is 0 Å². The molecular formula is C19H21N5O3. The molecule has 2 aromatic heterocycles. The summed E-state index contributed by atoms with van der Waals surface area (Å²) in [7, 11) is 1.68. The van der Waals surface area contributed by atoms with Gasteiger partial charge in [-0.2, -0.15) is 10.2 Å². The normalized spacial score (nSPS) is 17.0. The fourth-order valence-corrected chi connectivity index (χ4v) is 3.90. The standard InChI is InChI=1S/C19H21N5O3/c1-23-19(25)15(24-6-9-26-10-7-24)11-14(22-23)18-17-12-3-2-8-27-16(12)5-4-13(17)20-21-18/h4-5,11H,2-3,6-10H2,1H3,(H,20,21). The first-order chi connectivity index (χ1) is 13.2. The average molecular weight is 367 g/mol. The molecule has 2 aliphatic heterocycles. The van der Waals surface area contributed by atoms with Crippen molar-refractivity contribution in [3.8, 4) is 17.1 Å². The van der Waals surface area contributed by atoms with Crippen molar-refractivity contribution < 1.29 is 9.47 Å². The molecule has 0 aliphatic carbocycles. The number of aryl methyl sites for hydroxylation is 2. The highest BCUT2D eigenvalue weighted by molar-refractivity contribution is 5.96. The zero-order chi connectivity index (χ0) is 18.4. The van der Waals surface area contributed by atoms with E-state index in [1.165, 1.54) is 4.68 Å². The topological polar surface area (TPSA) is 85.3 Å². The second-order valence-corrected chi connectivity index (χ2v) is 6.93. The molecule has 4 heterocycles. The van der Waals surface area contributed by atoms with Crippen LogP contribution in [0.4, 0.5) is 5.69 Å². The first-order valence-electron chi connectivity index (χ1n) is 9.26. The lowest BCUT2D eigenvalue weighted by Crippen LogP contribution is -2.40. The SMILES string of the molecule is Cn1nc(-c2n[nH]c3ccc4c(c23)CCCO4)cc(N2CCOCC2)c1=O. The number of morpholine rings is 1. The van der Waals surface area contributed by atoms with Crippen LogP contribution < -0.4 is 15.2 Å². The summed E-state index contributed by atoms with van der Waals surface area (Å²) in [5.41, 5.74) is 4.10. The summed E-state index contributed by atoms with van der Waals surface area (Å²) in [5, 5.41) is 13.2. The number of ether oxygens (including phenoxy) is 2. The molecule has 2 aliphatic rings. The highest BCUT2D eigenvalue weighted by atomic mass is 16.5. The van der Waals surface area contributed by atoms with E-state index in [1.807, 2.05) is 18.2 Å². The molecule has 0 radical (unpaired) electrons. The van der Waals surface area contributed by atoms with Gasteiger partial charge in [0.1, 0.15) is 22.8 Å². The molecule has 1 fully saturated rings. The lowest BCUT2D eigenvalue weighted by Gasteiger charge is -2.28. The van der Waals surface area contributed by atoms with E-state index < -0.39 is 0 Å². The molecule has 5 rings (SSSR count). The van der Waals surface area contributed by atoms with Gasteiger partial charge in [-0.25, -0.2) is 4.68 Å². The van der Waals surface area contributed by atoms with Crippen LogP contribution in [0.1, 0.15) is 12.0 Å². The quantitative estimate of drug-likeness (QED) is 0.739. The first-order valence-corrected chi connectivity index (χ1v) is 9.26. The third-order valence-corrected chi connectivity index (χ3v) is 5.26. The van der Waals surface area contributed by atoms with E-state index in [2.05, 4.69) is 20.2 Å². The Morgan fingerprint density at radius 2 is 2.04 bits per heavy atom. The van der Waals surface area contributed by atoms with Gasteiger partial charge in [-0.15, -0.1) is 0 Å². The van der Waals surface area contributed by atoms with Crippen molar-refractivity contribution in [2.45, 2.75) is 12.8 Å². The summed E-state index contributed by atoms with van der Waals surface area (Å²) >= 11 is 0. The number of aromatic nitrogens is 4. The molecule has 0 unspecified atom stereocenters. The van der Waals surface area contributed by atoms with Gasteiger partial charge in [0.25, 0.3) is 5.56 Å². The predicted octanol–water partition coefficient (Wildman–Crippen LogP) is 1.49. The third kappa shape index (κ3) is 2.68. The van der Waals surface area contributed by atoms with Crippen molar-refractivity contribution in [3.05, 3.63) is 34.1 Å². The Morgan fingerprint density at radius 1 is 1.19 bits per heavy atom. The van der Waals surface area contributed by atoms with Gasteiger partial charge in [-0.1, -0.05) is 0 Å². The monoisotopic (exact) mass is 367 g/mol. The minimum atomic E-state index is -0.106. The molecule has 0 saturated carbocycles. The van der Waals surface area contributed by atoms with Crippen molar-refractivity contribution in [1.82, 2.24) is 20.0 Å². The van der Waals surface area contributed by atoms with Gasteiger partial charge >= 0.3 is 0 Å². The highest BCUT2D eigenvalue weighted by Crippen LogP contribution is 2.36. The molecule has 0 spiro atoms. The molecule has 3 aromatic rings. The Kier molecular flexibility index (Phi) is 3.86. The Hall–Kier alpha value is -2.87. The number of anilines is 1. The van der Waals surface area contributed by atoms with Gasteiger partial charge in [0, 0.05) is 31.1 Å². The van der Waals surface area contributed by atoms with Gasteiger partial charge in [-0.05, 0) is 31.0 Å². The van der Waals surface area contributed by atoms with Crippen molar-refractivity contribution in [3.63, 3.8) is 0 Å². The lowest BCUT2D eigenvalue weighted by molar-refractivity contribution is 0.122. The highest BCUT2D eigenvalue weighted by Gasteiger charge is 2.22. The van der Waals surface area contributed by atoms with E-state index in [1.54, 1.807) is 7.05 Å². The Bertz CT molecular complexity index is 1070. The number of benzene rings is 1. The predicted molar refractivity (Wildman–Crippen MR) is 101 cm³/mol. The molecule has 140 valence electrons. The number of fused-ring (bicyclic) bond motifs is 3. The lowest BCUT2D eigenvalue weighted by atomic mass is 9.99. The Labute approximate surface area is 155 Å². The molecule has 1 N–H and O–H groups in total. The number of rotatable bonds is 2. The summed E-state index contributed by atoms with van der Waals surface area (Å²) in [5.74, 6) is 0.912. The molecule has 1 saturated heterocycles. The van der Waals surface area contributed by atoms with Crippen molar-refractivity contribution >= 4 is 16.6 Å². The fourth-order valence-electron chi connectivity index (χ4n) is 3.90. The van der Waals surface area contributed by atoms with E-state index in [9.17, 15) is 4.79 Å². The Balaban J connectivity index is 1.69. The van der Waals surface area contributed by atoms with Crippen LogP contribution in [0.25, 0.3) is 22.3 Å². The smallest absolute Gasteiger partial charge is 0.290 e. The minimum Gasteiger partial charge on any atom is -0.493 e. The van der Waals surface area contributed by atoms with Crippen LogP contribution in [-0.2, 0) is 18.2 Å². The van der Waals surface area contributed by atoms with Crippen LogP contribution >= 0.6 is 0 Å². The number of H-pyrrole nitrogens is 1. The number of hydrogen-bond donors (Lipinski definition) is 1. The number of aromatic amines is 1. The van der Waals surface area contributed by atoms with Gasteiger partial charge in [0.15, 0.2) is 0 Å². The molecule has 0 amide bonds. The molecule has 27 heavy (non-hydrogen) atoms. The first kappa shape index (κ1) is 16.3.